The van der Waals surface area contributed by atoms with Gasteiger partial charge in [-0.2, -0.15) is 0 Å². The van der Waals surface area contributed by atoms with Crippen molar-refractivity contribution in [1.82, 2.24) is 0 Å². The summed E-state index contributed by atoms with van der Waals surface area (Å²) in [5.74, 6) is 0. The zero-order valence-electron chi connectivity index (χ0n) is 7.91. The van der Waals surface area contributed by atoms with Gasteiger partial charge in [0.25, 0.3) is 5.69 Å². The van der Waals surface area contributed by atoms with E-state index in [4.69, 9.17) is 0 Å². The van der Waals surface area contributed by atoms with Crippen LogP contribution in [0.25, 0.3) is 0 Å². The molecule has 0 unspecified atom stereocenters. The molecule has 7 heteroatoms. The number of ether oxygens (including phenoxy) is 2. The minimum atomic E-state index is -1.17. The van der Waals surface area contributed by atoms with Gasteiger partial charge in [-0.3, -0.25) is 10.1 Å². The van der Waals surface area contributed by atoms with E-state index in [0.29, 0.717) is 5.56 Å². The van der Waals surface area contributed by atoms with Crippen molar-refractivity contribution in [2.24, 2.45) is 0 Å². The summed E-state index contributed by atoms with van der Waals surface area (Å²) in [5.41, 5.74) is 0.473. The Bertz CT molecular complexity index is 399. The molecule has 83 valence electrons. The molecule has 0 N–H and O–H groups in total. The van der Waals surface area contributed by atoms with Crippen molar-refractivity contribution in [2.75, 3.05) is 0 Å². The van der Waals surface area contributed by atoms with Gasteiger partial charge in [-0.15, -0.1) is 0 Å². The van der Waals surface area contributed by atoms with E-state index in [2.05, 4.69) is 9.47 Å². The van der Waals surface area contributed by atoms with Gasteiger partial charge in [0.2, 0.25) is 0 Å². The maximum Gasteiger partial charge on any atom is 0.516 e. The molecule has 7 nitrogen and oxygen atoms in total. The molecule has 16 heavy (non-hydrogen) atoms. The van der Waals surface area contributed by atoms with Crippen LogP contribution in [0, 0.1) is 10.1 Å². The zero-order valence-corrected chi connectivity index (χ0v) is 7.91. The molecule has 0 aliphatic heterocycles. The minimum Gasteiger partial charge on any atom is -0.429 e. The van der Waals surface area contributed by atoms with Gasteiger partial charge in [0.05, 0.1) is 4.92 Å². The van der Waals surface area contributed by atoms with Gasteiger partial charge < -0.3 is 9.47 Å². The summed E-state index contributed by atoms with van der Waals surface area (Å²) in [4.78, 5) is 30.0. The molecule has 1 radical (unpaired) electrons. The number of nitro groups is 1. The fourth-order valence-electron chi connectivity index (χ4n) is 0.920. The first-order valence-electron chi connectivity index (χ1n) is 4.07. The van der Waals surface area contributed by atoms with Crippen LogP contribution in [-0.4, -0.2) is 17.6 Å². The smallest absolute Gasteiger partial charge is 0.429 e. The van der Waals surface area contributed by atoms with E-state index in [1.165, 1.54) is 24.3 Å². The molecule has 0 saturated carbocycles. The molecule has 0 bridgehead atoms. The van der Waals surface area contributed by atoms with E-state index < -0.39 is 11.1 Å². The normalized spacial score (nSPS) is 9.25. The molecule has 0 amide bonds. The maximum absolute atomic E-state index is 10.6. The Hall–Kier alpha value is -2.44. The zero-order chi connectivity index (χ0) is 12.0. The lowest BCUT2D eigenvalue weighted by Gasteiger charge is -2.01. The molecule has 0 aliphatic carbocycles. The monoisotopic (exact) mass is 224 g/mol. The highest BCUT2D eigenvalue weighted by atomic mass is 16.7. The van der Waals surface area contributed by atoms with Gasteiger partial charge in [0.1, 0.15) is 6.61 Å². The Kier molecular flexibility index (Phi) is 3.96. The first-order chi connectivity index (χ1) is 7.63. The molecule has 0 fully saturated rings. The lowest BCUT2D eigenvalue weighted by molar-refractivity contribution is -0.384. The summed E-state index contributed by atoms with van der Waals surface area (Å²) in [6.07, 6.45) is -1.17. The minimum absolute atomic E-state index is 0.0625. The van der Waals surface area contributed by atoms with Crippen LogP contribution in [-0.2, 0) is 20.9 Å². The standard InChI is InChI=1S/C9H6NO6/c11-6-16-9(12)15-5-7-1-3-8(4-2-7)10(13)14/h1-4H,5H2. The predicted octanol–water partition coefficient (Wildman–Crippen LogP) is 1.32. The van der Waals surface area contributed by atoms with Gasteiger partial charge in [-0.05, 0) is 17.7 Å². The van der Waals surface area contributed by atoms with E-state index in [1.807, 2.05) is 0 Å². The van der Waals surface area contributed by atoms with Gasteiger partial charge in [0.15, 0.2) is 0 Å². The third-order valence-corrected chi connectivity index (χ3v) is 1.63. The lowest BCUT2D eigenvalue weighted by Crippen LogP contribution is -2.05. The van der Waals surface area contributed by atoms with Crippen LogP contribution in [0.2, 0.25) is 0 Å². The van der Waals surface area contributed by atoms with Crippen molar-refractivity contribution in [3.63, 3.8) is 0 Å². The molecule has 1 rings (SSSR count). The van der Waals surface area contributed by atoms with Crippen molar-refractivity contribution < 1.29 is 24.0 Å². The number of benzene rings is 1. The Balaban J connectivity index is 2.52. The largest absolute Gasteiger partial charge is 0.516 e. The second kappa shape index (κ2) is 5.44. The Morgan fingerprint density at radius 1 is 1.38 bits per heavy atom. The van der Waals surface area contributed by atoms with Gasteiger partial charge in [0, 0.05) is 12.1 Å². The topological polar surface area (TPSA) is 95.7 Å². The van der Waals surface area contributed by atoms with Crippen molar-refractivity contribution in [1.29, 1.82) is 0 Å². The van der Waals surface area contributed by atoms with Crippen LogP contribution >= 0.6 is 0 Å². The van der Waals surface area contributed by atoms with Crippen LogP contribution in [0.15, 0.2) is 24.3 Å². The van der Waals surface area contributed by atoms with Gasteiger partial charge >= 0.3 is 12.6 Å². The van der Waals surface area contributed by atoms with Gasteiger partial charge in [-0.25, -0.2) is 9.59 Å². The molecule has 1 aromatic rings. The Labute approximate surface area is 89.7 Å². The predicted molar refractivity (Wildman–Crippen MR) is 50.1 cm³/mol. The SMILES string of the molecule is O=[C]OC(=O)OCc1ccc([N+](=O)[O-])cc1. The first kappa shape index (κ1) is 11.6. The average molecular weight is 224 g/mol. The highest BCUT2D eigenvalue weighted by Crippen LogP contribution is 2.12. The number of carbonyl (C=O) groups excluding carboxylic acids is 2. The van der Waals surface area contributed by atoms with E-state index in [0.717, 1.165) is 6.47 Å². The molecule has 0 heterocycles. The van der Waals surface area contributed by atoms with E-state index in [9.17, 15) is 19.7 Å². The van der Waals surface area contributed by atoms with Gasteiger partial charge in [-0.1, -0.05) is 0 Å². The first-order valence-corrected chi connectivity index (χ1v) is 4.07. The molecule has 1 aromatic carbocycles. The number of hydrogen-bond donors (Lipinski definition) is 0. The average Bonchev–Trinajstić information content (AvgIpc) is 2.27. The molecule has 0 spiro atoms. The Morgan fingerprint density at radius 2 is 2.00 bits per heavy atom. The summed E-state index contributed by atoms with van der Waals surface area (Å²) in [5, 5.41) is 10.3. The fourth-order valence-corrected chi connectivity index (χ4v) is 0.920. The van der Waals surface area contributed by atoms with Crippen LogP contribution < -0.4 is 0 Å². The highest BCUT2D eigenvalue weighted by Gasteiger charge is 2.06. The molecule has 0 saturated heterocycles. The molecular formula is C9H6NO6. The van der Waals surface area contributed by atoms with E-state index in [1.54, 1.807) is 0 Å². The third-order valence-electron chi connectivity index (χ3n) is 1.63. The summed E-state index contributed by atoms with van der Waals surface area (Å²) in [6.45, 7) is 0.774. The quantitative estimate of drug-likeness (QED) is 0.331. The number of carbonyl (C=O) groups is 1. The summed E-state index contributed by atoms with van der Waals surface area (Å²) in [6, 6.07) is 5.40. The summed E-state index contributed by atoms with van der Waals surface area (Å²) >= 11 is 0. The Morgan fingerprint density at radius 3 is 2.50 bits per heavy atom. The molecular weight excluding hydrogens is 218 g/mol. The maximum atomic E-state index is 10.6. The van der Waals surface area contributed by atoms with Crippen molar-refractivity contribution in [2.45, 2.75) is 6.61 Å². The number of rotatable bonds is 4. The summed E-state index contributed by atoms with van der Waals surface area (Å²) < 4.78 is 8.23. The number of hydrogen-bond acceptors (Lipinski definition) is 6. The number of nitrogens with zero attached hydrogens (tertiary/aromatic N) is 1. The van der Waals surface area contributed by atoms with Crippen molar-refractivity contribution in [3.8, 4) is 0 Å². The van der Waals surface area contributed by atoms with Crippen LogP contribution in [0.4, 0.5) is 10.5 Å². The van der Waals surface area contributed by atoms with E-state index in [-0.39, 0.29) is 12.3 Å². The number of nitro benzene ring substituents is 1. The lowest BCUT2D eigenvalue weighted by atomic mass is 10.2. The van der Waals surface area contributed by atoms with Crippen molar-refractivity contribution >= 4 is 18.3 Å². The van der Waals surface area contributed by atoms with Crippen LogP contribution in [0.1, 0.15) is 5.56 Å². The molecule has 0 atom stereocenters. The second-order valence-electron chi connectivity index (χ2n) is 2.65. The van der Waals surface area contributed by atoms with Crippen LogP contribution in [0.5, 0.6) is 0 Å². The summed E-state index contributed by atoms with van der Waals surface area (Å²) in [7, 11) is 0. The number of non-ortho nitro benzene ring substituents is 1. The van der Waals surface area contributed by atoms with E-state index >= 15 is 0 Å². The van der Waals surface area contributed by atoms with Crippen molar-refractivity contribution in [3.05, 3.63) is 39.9 Å². The highest BCUT2D eigenvalue weighted by molar-refractivity contribution is 5.69. The molecule has 0 aliphatic rings. The van der Waals surface area contributed by atoms with Crippen LogP contribution in [0.3, 0.4) is 0 Å². The molecule has 0 aromatic heterocycles. The second-order valence-corrected chi connectivity index (χ2v) is 2.65. The fraction of sp³-hybridized carbons (Fsp3) is 0.111. The third kappa shape index (κ3) is 3.37.